The van der Waals surface area contributed by atoms with Gasteiger partial charge in [-0.15, -0.1) is 0 Å². The van der Waals surface area contributed by atoms with Gasteiger partial charge >= 0.3 is 0 Å². The largest absolute Gasteiger partial charge is 0.267 e. The van der Waals surface area contributed by atoms with E-state index >= 15 is 0 Å². The molecule has 0 heterocycles. The van der Waals surface area contributed by atoms with E-state index in [1.54, 1.807) is 0 Å². The molecule has 0 saturated heterocycles. The molecule has 0 aromatic heterocycles. The topological polar surface area (TPSA) is 54.1 Å². The van der Waals surface area contributed by atoms with Gasteiger partial charge in [0, 0.05) is 32.6 Å². The predicted octanol–water partition coefficient (Wildman–Crippen LogP) is -2.05. The fourth-order valence-electron chi connectivity index (χ4n) is 0. The van der Waals surface area contributed by atoms with Crippen molar-refractivity contribution >= 4 is 27.3 Å². The fourth-order valence-corrected chi connectivity index (χ4v) is 0. The first-order chi connectivity index (χ1) is 1.41. The van der Waals surface area contributed by atoms with Gasteiger partial charge in [-0.05, 0) is 0 Å². The zero-order chi connectivity index (χ0) is 2.71. The van der Waals surface area contributed by atoms with Crippen molar-refractivity contribution in [2.45, 2.75) is 0 Å². The number of hydrogen-bond donors (Lipinski definition) is 1. The molecule has 0 spiro atoms. The number of nitrogens with one attached hydrogen (secondary N) is 1. The Balaban J connectivity index is 0. The molecule has 1 N–H and O–H groups in total. The van der Waals surface area contributed by atoms with Crippen LogP contribution in [0.1, 0.15) is 0 Å². The third-order valence-corrected chi connectivity index (χ3v) is 0. The molecule has 0 aromatic rings. The third-order valence-electron chi connectivity index (χ3n) is 0. The van der Waals surface area contributed by atoms with Gasteiger partial charge in [0.05, 0.1) is 0 Å². The van der Waals surface area contributed by atoms with Crippen LogP contribution in [-0.2, 0) is 0 Å². The van der Waals surface area contributed by atoms with Crippen LogP contribution < -0.4 is 5.34 Å². The minimum atomic E-state index is 0. The first kappa shape index (κ1) is 8.85. The zero-order valence-corrected chi connectivity index (χ0v) is 6.38. The van der Waals surface area contributed by atoms with Crippen molar-refractivity contribution in [3.05, 3.63) is 10.1 Å². The Morgan fingerprint density at radius 2 is 1.75 bits per heavy atom. The van der Waals surface area contributed by atoms with Crippen molar-refractivity contribution in [2.24, 2.45) is 0 Å². The van der Waals surface area contributed by atoms with Gasteiger partial charge in [-0.2, -0.15) is 0 Å². The van der Waals surface area contributed by atoms with Crippen LogP contribution in [0.2, 0.25) is 0 Å². The average molecular weight is 251 g/mol. The Hall–Kier alpha value is 0.322. The summed E-state index contributed by atoms with van der Waals surface area (Å²) in [6, 6.07) is 0. The van der Waals surface area contributed by atoms with Crippen LogP contribution in [0.4, 0.5) is 0 Å². The summed E-state index contributed by atoms with van der Waals surface area (Å²) in [5.74, 6) is 0. The summed E-state index contributed by atoms with van der Waals surface area (Å²) in [5, 5.41) is 8.38. The first-order valence-electron chi connectivity index (χ1n) is 0.408. The van der Waals surface area contributed by atoms with Crippen molar-refractivity contribution < 1.29 is 5.34 Å². The third kappa shape index (κ3) is 39.1. The first-order valence-corrected chi connectivity index (χ1v) is 0.408. The van der Waals surface area contributed by atoms with Crippen LogP contribution in [0.15, 0.2) is 0 Å². The Morgan fingerprint density at radius 3 is 1.75 bits per heavy atom. The van der Waals surface area contributed by atoms with Gasteiger partial charge in [0.1, 0.15) is 0 Å². The van der Waals surface area contributed by atoms with E-state index < -0.39 is 0 Å². The molecule has 21 valence electrons. The second kappa shape index (κ2) is 10.2. The molecule has 0 atom stereocenters. The molecule has 0 saturated carbocycles. The molecule has 0 bridgehead atoms. The van der Waals surface area contributed by atoms with Gasteiger partial charge in [-0.25, -0.2) is 0 Å². The monoisotopic (exact) mass is 252 g/mol. The maximum Gasteiger partial charge on any atom is 0.00366 e. The smallest absolute Gasteiger partial charge is 0.00366 e. The second-order valence-corrected chi connectivity index (χ2v) is 0.0833. The Morgan fingerprint density at radius 1 is 1.75 bits per heavy atom. The van der Waals surface area contributed by atoms with Crippen LogP contribution in [0.25, 0.3) is 0 Å². The molecule has 1 radical (unpaired) electrons. The summed E-state index contributed by atoms with van der Waals surface area (Å²) in [4.78, 5) is 8.12. The normalized spacial score (nSPS) is 3.00. The fraction of sp³-hybridized carbons (Fsp3) is 0. The maximum absolute atomic E-state index is 8.12. The summed E-state index contributed by atoms with van der Waals surface area (Å²) in [5.41, 5.74) is 0. The van der Waals surface area contributed by atoms with E-state index in [-0.39, 0.29) is 32.6 Å². The molecule has 4 heavy (non-hydrogen) atoms. The van der Waals surface area contributed by atoms with Gasteiger partial charge in [-0.3, -0.25) is 10.1 Å². The van der Waals surface area contributed by atoms with Crippen molar-refractivity contribution in [1.82, 2.24) is 0 Å². The zero-order valence-electron chi connectivity index (χ0n) is 1.89. The Labute approximate surface area is 43.1 Å². The SMILES string of the molecule is O=[NH+][O-].[Tl]. The van der Waals surface area contributed by atoms with Crippen LogP contribution in [0.5, 0.6) is 0 Å². The van der Waals surface area contributed by atoms with E-state index in [2.05, 4.69) is 0 Å². The minimum Gasteiger partial charge on any atom is -0.267 e. The predicted molar refractivity (Wildman–Crippen MR) is 13.5 cm³/mol. The van der Waals surface area contributed by atoms with Crippen LogP contribution >= 0.6 is 0 Å². The van der Waals surface area contributed by atoms with Crippen molar-refractivity contribution in [2.75, 3.05) is 0 Å². The van der Waals surface area contributed by atoms with Crippen LogP contribution in [0.3, 0.4) is 0 Å². The molecular weight excluding hydrogens is 250 g/mol. The van der Waals surface area contributed by atoms with Gasteiger partial charge in [0.25, 0.3) is 0 Å². The summed E-state index contributed by atoms with van der Waals surface area (Å²) < 4.78 is 0. The molecule has 0 aliphatic heterocycles. The molecule has 0 aliphatic rings. The molecular formula is HNO2Tl. The maximum atomic E-state index is 8.12. The quantitative estimate of drug-likeness (QED) is 0.306. The molecule has 0 amide bonds. The van der Waals surface area contributed by atoms with E-state index in [0.29, 0.717) is 0 Å². The van der Waals surface area contributed by atoms with Crippen LogP contribution in [-0.4, -0.2) is 27.3 Å². The molecule has 0 unspecified atom stereocenters. The molecule has 0 rings (SSSR count). The summed E-state index contributed by atoms with van der Waals surface area (Å²) in [6.07, 6.45) is 0. The van der Waals surface area contributed by atoms with E-state index in [0.717, 1.165) is 0 Å². The Bertz CT molecular complexity index is 13.5. The van der Waals surface area contributed by atoms with Gasteiger partial charge < -0.3 is 0 Å². The standard InChI is InChI=1S/HNO2.Tl/c2-1-3;/h1H;. The van der Waals surface area contributed by atoms with Crippen molar-refractivity contribution in [3.8, 4) is 0 Å². The molecule has 0 aromatic carbocycles. The van der Waals surface area contributed by atoms with E-state index in [1.807, 2.05) is 0 Å². The average Bonchev–Trinajstić information content (AvgIpc) is 0.918. The molecule has 0 aliphatic carbocycles. The molecule has 4 heteroatoms. The van der Waals surface area contributed by atoms with E-state index in [4.69, 9.17) is 10.1 Å². The van der Waals surface area contributed by atoms with Crippen LogP contribution in [0, 0.1) is 10.1 Å². The second-order valence-electron chi connectivity index (χ2n) is 0.0833. The molecule has 0 fully saturated rings. The van der Waals surface area contributed by atoms with Gasteiger partial charge in [0.2, 0.25) is 0 Å². The number of hydrogen-bond acceptors (Lipinski definition) is 2. The minimum absolute atomic E-state index is 0. The van der Waals surface area contributed by atoms with Crippen molar-refractivity contribution in [1.29, 1.82) is 0 Å². The summed E-state index contributed by atoms with van der Waals surface area (Å²) in [6.45, 7) is 0. The Kier molecular flexibility index (Phi) is 22.7. The van der Waals surface area contributed by atoms with E-state index in [9.17, 15) is 0 Å². The summed E-state index contributed by atoms with van der Waals surface area (Å²) >= 11 is 0. The molecule has 3 nitrogen and oxygen atoms in total. The van der Waals surface area contributed by atoms with Gasteiger partial charge in [-0.1, -0.05) is 0 Å². The van der Waals surface area contributed by atoms with Crippen molar-refractivity contribution in [3.63, 3.8) is 0 Å². The van der Waals surface area contributed by atoms with E-state index in [1.165, 1.54) is 0 Å². The number of rotatable bonds is 0. The summed E-state index contributed by atoms with van der Waals surface area (Å²) in [7, 11) is 0. The van der Waals surface area contributed by atoms with Gasteiger partial charge in [0.15, 0.2) is 0 Å².